The second kappa shape index (κ2) is 6.47. The van der Waals surface area contributed by atoms with E-state index in [1.165, 1.54) is 19.2 Å². The van der Waals surface area contributed by atoms with Crippen LogP contribution < -0.4 is 4.74 Å². The molecule has 0 amide bonds. The highest BCUT2D eigenvalue weighted by molar-refractivity contribution is 7.91. The van der Waals surface area contributed by atoms with Crippen molar-refractivity contribution < 1.29 is 18.3 Å². The van der Waals surface area contributed by atoms with Crippen molar-refractivity contribution in [3.05, 3.63) is 59.1 Å². The number of rotatable bonds is 5. The largest absolute Gasteiger partial charge is 0.497 e. The molecule has 21 heavy (non-hydrogen) atoms. The highest BCUT2D eigenvalue weighted by Gasteiger charge is 2.23. The van der Waals surface area contributed by atoms with Crippen LogP contribution in [0.4, 0.5) is 0 Å². The molecule has 0 aliphatic rings. The van der Waals surface area contributed by atoms with Crippen LogP contribution in [-0.2, 0) is 9.84 Å². The molecule has 0 heterocycles. The molecule has 0 spiro atoms. The predicted octanol–water partition coefficient (Wildman–Crippen LogP) is 2.86. The molecule has 2 aromatic carbocycles. The van der Waals surface area contributed by atoms with Crippen molar-refractivity contribution in [1.82, 2.24) is 0 Å². The molecule has 0 aliphatic carbocycles. The van der Waals surface area contributed by atoms with E-state index in [-0.39, 0.29) is 9.92 Å². The first-order chi connectivity index (χ1) is 9.94. The Morgan fingerprint density at radius 2 is 1.90 bits per heavy atom. The molecule has 0 saturated carbocycles. The van der Waals surface area contributed by atoms with Gasteiger partial charge in [0.1, 0.15) is 5.75 Å². The maximum absolute atomic E-state index is 12.3. The van der Waals surface area contributed by atoms with Gasteiger partial charge < -0.3 is 9.84 Å². The molecule has 0 fully saturated rings. The van der Waals surface area contributed by atoms with E-state index in [1.807, 2.05) is 0 Å². The first kappa shape index (κ1) is 15.8. The van der Waals surface area contributed by atoms with Gasteiger partial charge in [0.15, 0.2) is 9.84 Å². The van der Waals surface area contributed by atoms with Crippen LogP contribution in [0.1, 0.15) is 11.7 Å². The molecular formula is C15H15ClO4S. The lowest BCUT2D eigenvalue weighted by Crippen LogP contribution is -2.15. The van der Waals surface area contributed by atoms with Crippen molar-refractivity contribution >= 4 is 21.4 Å². The van der Waals surface area contributed by atoms with E-state index in [0.29, 0.717) is 11.3 Å². The molecule has 4 nitrogen and oxygen atoms in total. The van der Waals surface area contributed by atoms with Crippen LogP contribution in [0.3, 0.4) is 0 Å². The van der Waals surface area contributed by atoms with Crippen molar-refractivity contribution in [2.45, 2.75) is 11.0 Å². The Balaban J connectivity index is 2.26. The third kappa shape index (κ3) is 3.75. The minimum atomic E-state index is -3.68. The van der Waals surface area contributed by atoms with Crippen molar-refractivity contribution in [2.75, 3.05) is 12.9 Å². The topological polar surface area (TPSA) is 63.6 Å². The Morgan fingerprint density at radius 3 is 2.57 bits per heavy atom. The molecule has 1 unspecified atom stereocenters. The van der Waals surface area contributed by atoms with E-state index in [4.69, 9.17) is 16.3 Å². The van der Waals surface area contributed by atoms with Gasteiger partial charge in [-0.1, -0.05) is 35.9 Å². The Bertz CT molecular complexity index is 728. The van der Waals surface area contributed by atoms with E-state index >= 15 is 0 Å². The molecule has 0 bridgehead atoms. The summed E-state index contributed by atoms with van der Waals surface area (Å²) < 4.78 is 29.7. The minimum Gasteiger partial charge on any atom is -0.497 e. The molecule has 1 atom stereocenters. The fourth-order valence-electron chi connectivity index (χ4n) is 1.94. The van der Waals surface area contributed by atoms with E-state index in [0.717, 1.165) is 0 Å². The number of aliphatic hydroxyl groups is 1. The minimum absolute atomic E-state index is 0.0219. The third-order valence-corrected chi connectivity index (χ3v) is 5.25. The van der Waals surface area contributed by atoms with Crippen LogP contribution in [0.5, 0.6) is 5.75 Å². The maximum atomic E-state index is 12.3. The van der Waals surface area contributed by atoms with Crippen LogP contribution in [0.2, 0.25) is 5.02 Å². The van der Waals surface area contributed by atoms with Gasteiger partial charge in [0, 0.05) is 0 Å². The van der Waals surface area contributed by atoms with Crippen molar-refractivity contribution in [2.24, 2.45) is 0 Å². The van der Waals surface area contributed by atoms with Crippen LogP contribution in [0.25, 0.3) is 0 Å². The second-order valence-electron chi connectivity index (χ2n) is 4.50. The normalized spacial score (nSPS) is 12.9. The Morgan fingerprint density at radius 1 is 1.19 bits per heavy atom. The summed E-state index contributed by atoms with van der Waals surface area (Å²) in [6.07, 6.45) is -1.15. The number of methoxy groups -OCH3 is 1. The van der Waals surface area contributed by atoms with Gasteiger partial charge in [0.2, 0.25) is 0 Å². The van der Waals surface area contributed by atoms with Gasteiger partial charge in [-0.25, -0.2) is 8.42 Å². The van der Waals surface area contributed by atoms with Gasteiger partial charge >= 0.3 is 0 Å². The Kier molecular flexibility index (Phi) is 4.88. The lowest BCUT2D eigenvalue weighted by Gasteiger charge is -2.13. The fraction of sp³-hybridized carbons (Fsp3) is 0.200. The molecule has 2 aromatic rings. The average Bonchev–Trinajstić information content (AvgIpc) is 2.47. The SMILES string of the molecule is COc1cccc(C(O)CS(=O)(=O)c2ccccc2Cl)c1. The number of halogens is 1. The van der Waals surface area contributed by atoms with Gasteiger partial charge in [0.25, 0.3) is 0 Å². The van der Waals surface area contributed by atoms with E-state index in [2.05, 4.69) is 0 Å². The summed E-state index contributed by atoms with van der Waals surface area (Å²) in [7, 11) is -2.17. The number of ether oxygens (including phenoxy) is 1. The van der Waals surface area contributed by atoms with Crippen molar-refractivity contribution in [1.29, 1.82) is 0 Å². The number of aliphatic hydroxyl groups excluding tert-OH is 1. The summed E-state index contributed by atoms with van der Waals surface area (Å²) in [6.45, 7) is 0. The van der Waals surface area contributed by atoms with Crippen LogP contribution >= 0.6 is 11.6 Å². The molecule has 6 heteroatoms. The van der Waals surface area contributed by atoms with Gasteiger partial charge in [-0.3, -0.25) is 0 Å². The summed E-state index contributed by atoms with van der Waals surface area (Å²) in [4.78, 5) is 0.0219. The smallest absolute Gasteiger partial charge is 0.182 e. The summed E-state index contributed by atoms with van der Waals surface area (Å²) in [5.41, 5.74) is 0.477. The summed E-state index contributed by atoms with van der Waals surface area (Å²) in [5, 5.41) is 10.3. The maximum Gasteiger partial charge on any atom is 0.182 e. The second-order valence-corrected chi connectivity index (χ2v) is 6.91. The van der Waals surface area contributed by atoms with Crippen LogP contribution in [0.15, 0.2) is 53.4 Å². The fourth-order valence-corrected chi connectivity index (χ4v) is 3.87. The molecule has 0 saturated heterocycles. The first-order valence-electron chi connectivity index (χ1n) is 6.23. The average molecular weight is 327 g/mol. The van der Waals surface area contributed by atoms with Gasteiger partial charge in [-0.05, 0) is 29.8 Å². The highest BCUT2D eigenvalue weighted by Crippen LogP contribution is 2.26. The molecule has 1 N–H and O–H groups in total. The van der Waals surface area contributed by atoms with E-state index in [9.17, 15) is 13.5 Å². The summed E-state index contributed by atoms with van der Waals surface area (Å²) in [6, 6.07) is 12.8. The van der Waals surface area contributed by atoms with Gasteiger partial charge in [-0.15, -0.1) is 0 Å². The summed E-state index contributed by atoms with van der Waals surface area (Å²) in [5.74, 6) is 0.117. The number of sulfone groups is 1. The number of hydrogen-bond acceptors (Lipinski definition) is 4. The van der Waals surface area contributed by atoms with Crippen LogP contribution in [0, 0.1) is 0 Å². The zero-order chi connectivity index (χ0) is 15.5. The zero-order valence-electron chi connectivity index (χ0n) is 11.4. The number of hydrogen-bond donors (Lipinski definition) is 1. The lowest BCUT2D eigenvalue weighted by atomic mass is 10.1. The standard InChI is InChI=1S/C15H15ClO4S/c1-20-12-6-4-5-11(9-12)14(17)10-21(18,19)15-8-3-2-7-13(15)16/h2-9,14,17H,10H2,1H3. The molecule has 0 radical (unpaired) electrons. The number of benzene rings is 2. The van der Waals surface area contributed by atoms with E-state index < -0.39 is 21.7 Å². The Labute approximate surface area is 128 Å². The molecular weight excluding hydrogens is 312 g/mol. The highest BCUT2D eigenvalue weighted by atomic mass is 35.5. The van der Waals surface area contributed by atoms with Gasteiger partial charge in [0.05, 0.1) is 28.9 Å². The third-order valence-electron chi connectivity index (χ3n) is 3.03. The van der Waals surface area contributed by atoms with Crippen LogP contribution in [-0.4, -0.2) is 26.4 Å². The van der Waals surface area contributed by atoms with Crippen molar-refractivity contribution in [3.63, 3.8) is 0 Å². The molecule has 2 rings (SSSR count). The zero-order valence-corrected chi connectivity index (χ0v) is 12.9. The molecule has 0 aliphatic heterocycles. The Hall–Kier alpha value is -1.56. The monoisotopic (exact) mass is 326 g/mol. The quantitative estimate of drug-likeness (QED) is 0.917. The lowest BCUT2D eigenvalue weighted by molar-refractivity contribution is 0.201. The van der Waals surface area contributed by atoms with E-state index in [1.54, 1.807) is 36.4 Å². The first-order valence-corrected chi connectivity index (χ1v) is 8.26. The molecule has 112 valence electrons. The van der Waals surface area contributed by atoms with Gasteiger partial charge in [-0.2, -0.15) is 0 Å². The summed E-state index contributed by atoms with van der Waals surface area (Å²) >= 11 is 5.91. The molecule has 0 aromatic heterocycles. The van der Waals surface area contributed by atoms with Crippen molar-refractivity contribution in [3.8, 4) is 5.75 Å². The predicted molar refractivity (Wildman–Crippen MR) is 81.5 cm³/mol.